The third-order valence-electron chi connectivity index (χ3n) is 1.84. The minimum absolute atomic E-state index is 0.737. The number of hydrogen-bond acceptors (Lipinski definition) is 0. The number of halogens is 2. The van der Waals surface area contributed by atoms with Gasteiger partial charge in [0.15, 0.2) is 0 Å². The molecule has 0 nitrogen and oxygen atoms in total. The van der Waals surface area contributed by atoms with Gasteiger partial charge in [0.1, 0.15) is 0 Å². The van der Waals surface area contributed by atoms with Crippen LogP contribution in [-0.2, 0) is 0 Å². The second kappa shape index (κ2) is 4.40. The van der Waals surface area contributed by atoms with Crippen LogP contribution in [0.2, 0.25) is 43.2 Å². The first-order valence-electron chi connectivity index (χ1n) is 4.17. The summed E-state index contributed by atoms with van der Waals surface area (Å²) in [6.07, 6.45) is 0. The van der Waals surface area contributed by atoms with Crippen molar-refractivity contribution < 1.29 is 0 Å². The minimum atomic E-state index is -1.53. The first-order chi connectivity index (χ1) is 5.07. The zero-order valence-electron chi connectivity index (χ0n) is 8.78. The topological polar surface area (TPSA) is 0 Å². The van der Waals surface area contributed by atoms with Gasteiger partial charge in [0.05, 0.1) is 0 Å². The molecule has 74 valence electrons. The van der Waals surface area contributed by atoms with Crippen LogP contribution in [-0.4, -0.2) is 28.9 Å². The molecule has 0 unspecified atom stereocenters. The molecule has 5 heteroatoms. The van der Waals surface area contributed by atoms with Crippen LogP contribution in [0, 0.1) is 0 Å². The van der Waals surface area contributed by atoms with E-state index in [0.29, 0.717) is 0 Å². The Labute approximate surface area is 91.6 Å². The van der Waals surface area contributed by atoms with Crippen molar-refractivity contribution in [2.75, 3.05) is 0 Å². The van der Waals surface area contributed by atoms with Crippen molar-refractivity contribution in [3.8, 4) is 0 Å². The summed E-state index contributed by atoms with van der Waals surface area (Å²) in [6, 6.07) is 0. The maximum absolute atomic E-state index is 6.19. The standard InChI is InChI=1S/C7H19AsCl2Si2/c1-11(2,3)7(8(9)10)12(4,5)6/h7H,1-6H3. The van der Waals surface area contributed by atoms with E-state index in [0.717, 1.165) is 3.95 Å². The first kappa shape index (κ1) is 13.6. The van der Waals surface area contributed by atoms with Crippen LogP contribution in [0.4, 0.5) is 0 Å². The monoisotopic (exact) mass is 304 g/mol. The SMILES string of the molecule is C[Si](C)(C)C([As](Cl)Cl)[Si](C)(C)C. The van der Waals surface area contributed by atoms with E-state index in [9.17, 15) is 0 Å². The summed E-state index contributed by atoms with van der Waals surface area (Å²) < 4.78 is 0.737. The third kappa shape index (κ3) is 4.19. The van der Waals surface area contributed by atoms with E-state index >= 15 is 0 Å². The van der Waals surface area contributed by atoms with Gasteiger partial charge < -0.3 is 0 Å². The summed E-state index contributed by atoms with van der Waals surface area (Å²) in [5.74, 6) is 0. The molecule has 0 aromatic rings. The van der Waals surface area contributed by atoms with E-state index in [1.807, 2.05) is 0 Å². The van der Waals surface area contributed by atoms with Crippen LogP contribution in [0.25, 0.3) is 0 Å². The molecule has 0 saturated heterocycles. The van der Waals surface area contributed by atoms with Crippen molar-refractivity contribution in [2.45, 2.75) is 43.2 Å². The Balaban J connectivity index is 4.70. The molecule has 0 spiro atoms. The van der Waals surface area contributed by atoms with Gasteiger partial charge in [-0.05, 0) is 0 Å². The molecular formula is C7H19AsCl2Si2. The Morgan fingerprint density at radius 2 is 1.08 bits per heavy atom. The summed E-state index contributed by atoms with van der Waals surface area (Å²) in [4.78, 5) is 0. The summed E-state index contributed by atoms with van der Waals surface area (Å²) >= 11 is -1.53. The van der Waals surface area contributed by atoms with Crippen molar-refractivity contribution in [3.05, 3.63) is 0 Å². The molecule has 0 aliphatic carbocycles. The van der Waals surface area contributed by atoms with E-state index in [2.05, 4.69) is 39.3 Å². The average molecular weight is 305 g/mol. The van der Waals surface area contributed by atoms with E-state index in [4.69, 9.17) is 19.9 Å². The zero-order valence-corrected chi connectivity index (χ0v) is 14.2. The predicted molar refractivity (Wildman–Crippen MR) is 67.9 cm³/mol. The second-order valence-corrected chi connectivity index (χ2v) is 25.6. The van der Waals surface area contributed by atoms with Crippen molar-refractivity contribution in [1.82, 2.24) is 0 Å². The molecule has 0 heterocycles. The van der Waals surface area contributed by atoms with Gasteiger partial charge in [0.2, 0.25) is 0 Å². The molecule has 0 amide bonds. The summed E-state index contributed by atoms with van der Waals surface area (Å²) in [6.45, 7) is 14.3. The van der Waals surface area contributed by atoms with Gasteiger partial charge in [0, 0.05) is 0 Å². The van der Waals surface area contributed by atoms with Gasteiger partial charge in [-0.2, -0.15) is 0 Å². The third-order valence-corrected chi connectivity index (χ3v) is 29.0. The molecule has 0 fully saturated rings. The molecular weight excluding hydrogens is 286 g/mol. The van der Waals surface area contributed by atoms with E-state index in [1.54, 1.807) is 0 Å². The zero-order chi connectivity index (χ0) is 10.2. The number of hydrogen-bond donors (Lipinski definition) is 0. The molecule has 0 aromatic heterocycles. The molecule has 0 rings (SSSR count). The van der Waals surface area contributed by atoms with Crippen molar-refractivity contribution in [2.24, 2.45) is 0 Å². The van der Waals surface area contributed by atoms with Gasteiger partial charge >= 0.3 is 92.1 Å². The molecule has 0 aliphatic rings. The first-order valence-corrected chi connectivity index (χ1v) is 17.3. The van der Waals surface area contributed by atoms with Gasteiger partial charge in [-0.3, -0.25) is 0 Å². The van der Waals surface area contributed by atoms with Crippen LogP contribution in [0.5, 0.6) is 0 Å². The fourth-order valence-corrected chi connectivity index (χ4v) is 39.1. The van der Waals surface area contributed by atoms with E-state index < -0.39 is 28.9 Å². The molecule has 0 radical (unpaired) electrons. The maximum atomic E-state index is 6.19. The van der Waals surface area contributed by atoms with Crippen molar-refractivity contribution >= 4 is 48.8 Å². The normalized spacial score (nSPS) is 14.5. The molecule has 0 N–H and O–H groups in total. The summed E-state index contributed by atoms with van der Waals surface area (Å²) in [5.41, 5.74) is 0. The number of rotatable bonds is 3. The van der Waals surface area contributed by atoms with Crippen LogP contribution >= 0.6 is 19.9 Å². The molecule has 0 saturated carbocycles. The van der Waals surface area contributed by atoms with Crippen LogP contribution < -0.4 is 0 Å². The Morgan fingerprint density at radius 3 is 1.08 bits per heavy atom. The molecule has 0 aromatic carbocycles. The molecule has 0 atom stereocenters. The Hall–Kier alpha value is 1.57. The van der Waals surface area contributed by atoms with Gasteiger partial charge in [-0.15, -0.1) is 0 Å². The van der Waals surface area contributed by atoms with Crippen molar-refractivity contribution in [1.29, 1.82) is 0 Å². The van der Waals surface area contributed by atoms with Crippen LogP contribution in [0.15, 0.2) is 0 Å². The summed E-state index contributed by atoms with van der Waals surface area (Å²) in [7, 11) is 10.1. The predicted octanol–water partition coefficient (Wildman–Crippen LogP) is 4.08. The van der Waals surface area contributed by atoms with Gasteiger partial charge in [-0.1, -0.05) is 0 Å². The summed E-state index contributed by atoms with van der Waals surface area (Å²) in [5, 5.41) is 0. The van der Waals surface area contributed by atoms with E-state index in [1.165, 1.54) is 0 Å². The Kier molecular flexibility index (Phi) is 4.97. The van der Waals surface area contributed by atoms with Gasteiger partial charge in [-0.25, -0.2) is 0 Å². The fourth-order valence-electron chi connectivity index (χ4n) is 1.88. The molecule has 0 aliphatic heterocycles. The second-order valence-electron chi connectivity index (χ2n) is 5.39. The molecule has 12 heavy (non-hydrogen) atoms. The Morgan fingerprint density at radius 1 is 0.833 bits per heavy atom. The fraction of sp³-hybridized carbons (Fsp3) is 1.00. The van der Waals surface area contributed by atoms with Crippen LogP contribution in [0.1, 0.15) is 0 Å². The van der Waals surface area contributed by atoms with Gasteiger partial charge in [0.25, 0.3) is 0 Å². The average Bonchev–Trinajstić information content (AvgIpc) is 1.49. The quantitative estimate of drug-likeness (QED) is 0.689. The molecule has 0 bridgehead atoms. The van der Waals surface area contributed by atoms with Crippen molar-refractivity contribution in [3.63, 3.8) is 0 Å². The van der Waals surface area contributed by atoms with E-state index in [-0.39, 0.29) is 0 Å². The van der Waals surface area contributed by atoms with Crippen LogP contribution in [0.3, 0.4) is 0 Å². The Bertz CT molecular complexity index is 134.